The van der Waals surface area contributed by atoms with Crippen molar-refractivity contribution in [2.24, 2.45) is 17.8 Å². The highest BCUT2D eigenvalue weighted by Gasteiger charge is 2.57. The highest BCUT2D eigenvalue weighted by atomic mass is 16.5. The van der Waals surface area contributed by atoms with E-state index >= 15 is 0 Å². The number of allylic oxidation sites excluding steroid dienone is 6. The third kappa shape index (κ3) is 4.28. The minimum Gasteiger partial charge on any atom is -0.507 e. The Labute approximate surface area is 275 Å². The zero-order chi connectivity index (χ0) is 33.4. The van der Waals surface area contributed by atoms with E-state index in [1.807, 2.05) is 30.3 Å². The number of imide groups is 1. The summed E-state index contributed by atoms with van der Waals surface area (Å²) in [6.07, 6.45) is 3.61. The number of phenols is 1. The number of carbonyl (C=O) groups excluding carboxylic acids is 4. The number of ether oxygens (including phenoxy) is 2. The topological polar surface area (TPSA) is 136 Å². The van der Waals surface area contributed by atoms with Crippen LogP contribution in [0.15, 0.2) is 99.5 Å². The molecule has 0 bridgehead atoms. The summed E-state index contributed by atoms with van der Waals surface area (Å²) in [7, 11) is 2.91. The summed E-state index contributed by atoms with van der Waals surface area (Å²) < 4.78 is 16.9. The summed E-state index contributed by atoms with van der Waals surface area (Å²) in [6.45, 7) is 1.59. The molecule has 1 N–H and O–H groups in total. The van der Waals surface area contributed by atoms with Crippen LogP contribution in [0.25, 0.3) is 22.6 Å². The van der Waals surface area contributed by atoms with E-state index in [4.69, 9.17) is 13.9 Å². The molecule has 1 fully saturated rings. The van der Waals surface area contributed by atoms with Crippen LogP contribution in [0.1, 0.15) is 31.2 Å². The van der Waals surface area contributed by atoms with Crippen molar-refractivity contribution >= 4 is 40.2 Å². The van der Waals surface area contributed by atoms with Crippen molar-refractivity contribution in [3.8, 4) is 28.7 Å². The summed E-state index contributed by atoms with van der Waals surface area (Å²) >= 11 is 0. The number of ketones is 2. The largest absolute Gasteiger partial charge is 0.507 e. The number of carbonyl (C=O) groups is 4. The minimum absolute atomic E-state index is 0.121. The van der Waals surface area contributed by atoms with Gasteiger partial charge in [-0.15, -0.1) is 0 Å². The molecule has 10 nitrogen and oxygen atoms in total. The lowest BCUT2D eigenvalue weighted by atomic mass is 9.59. The molecule has 1 saturated heterocycles. The number of Topliss-reactive ketones (excluding diaryl/α,β-unsaturated/α-hetero) is 1. The third-order valence-corrected chi connectivity index (χ3v) is 10.1. The Morgan fingerprint density at radius 3 is 2.44 bits per heavy atom. The Bertz CT molecular complexity index is 2150. The average Bonchev–Trinajstić information content (AvgIpc) is 3.64. The smallest absolute Gasteiger partial charge is 0.238 e. The number of anilines is 1. The van der Waals surface area contributed by atoms with Gasteiger partial charge in [-0.1, -0.05) is 23.8 Å². The van der Waals surface area contributed by atoms with Crippen molar-refractivity contribution < 1.29 is 38.2 Å². The first-order valence-electron chi connectivity index (χ1n) is 15.7. The second kappa shape index (κ2) is 10.9. The van der Waals surface area contributed by atoms with Gasteiger partial charge in [0.25, 0.3) is 0 Å². The van der Waals surface area contributed by atoms with Gasteiger partial charge < -0.3 is 19.0 Å². The molecule has 240 valence electrons. The highest BCUT2D eigenvalue weighted by molar-refractivity contribution is 6.25. The number of oxazole rings is 1. The zero-order valence-electron chi connectivity index (χ0n) is 26.4. The van der Waals surface area contributed by atoms with Gasteiger partial charge in [0, 0.05) is 45.9 Å². The maximum atomic E-state index is 14.3. The molecule has 3 aromatic carbocycles. The number of benzene rings is 3. The van der Waals surface area contributed by atoms with Crippen LogP contribution in [0.3, 0.4) is 0 Å². The van der Waals surface area contributed by atoms with Crippen LogP contribution in [-0.4, -0.2) is 47.7 Å². The van der Waals surface area contributed by atoms with E-state index in [2.05, 4.69) is 4.98 Å². The van der Waals surface area contributed by atoms with Crippen LogP contribution >= 0.6 is 0 Å². The Hall–Kier alpha value is -5.77. The molecule has 0 unspecified atom stereocenters. The van der Waals surface area contributed by atoms with Gasteiger partial charge >= 0.3 is 0 Å². The van der Waals surface area contributed by atoms with E-state index in [0.29, 0.717) is 45.2 Å². The van der Waals surface area contributed by atoms with Gasteiger partial charge in [-0.05, 0) is 68.2 Å². The summed E-state index contributed by atoms with van der Waals surface area (Å²) in [4.78, 5) is 61.3. The number of hydrogen-bond acceptors (Lipinski definition) is 9. The fourth-order valence-electron chi connectivity index (χ4n) is 7.86. The molecule has 4 aromatic rings. The van der Waals surface area contributed by atoms with E-state index in [-0.39, 0.29) is 58.9 Å². The molecule has 10 heteroatoms. The summed E-state index contributed by atoms with van der Waals surface area (Å²) in [5.74, 6) is -3.29. The quantitative estimate of drug-likeness (QED) is 0.161. The number of rotatable bonds is 5. The van der Waals surface area contributed by atoms with Crippen molar-refractivity contribution in [2.45, 2.75) is 25.7 Å². The lowest BCUT2D eigenvalue weighted by molar-refractivity contribution is -0.123. The van der Waals surface area contributed by atoms with Crippen LogP contribution in [0.5, 0.6) is 17.2 Å². The van der Waals surface area contributed by atoms with E-state index < -0.39 is 23.7 Å². The molecule has 48 heavy (non-hydrogen) atoms. The summed E-state index contributed by atoms with van der Waals surface area (Å²) in [5.41, 5.74) is 4.36. The number of amides is 2. The van der Waals surface area contributed by atoms with Crippen molar-refractivity contribution in [1.82, 2.24) is 4.98 Å². The molecule has 0 radical (unpaired) electrons. The van der Waals surface area contributed by atoms with Crippen LogP contribution in [0.4, 0.5) is 5.69 Å². The van der Waals surface area contributed by atoms with Gasteiger partial charge in [-0.25, -0.2) is 4.98 Å². The molecule has 4 aliphatic rings. The molecule has 2 heterocycles. The van der Waals surface area contributed by atoms with E-state index in [9.17, 15) is 24.3 Å². The molecule has 1 aliphatic heterocycles. The molecule has 8 rings (SSSR count). The van der Waals surface area contributed by atoms with Gasteiger partial charge in [-0.2, -0.15) is 0 Å². The Kier molecular flexibility index (Phi) is 6.73. The second-order valence-electron chi connectivity index (χ2n) is 12.5. The lowest BCUT2D eigenvalue weighted by Crippen LogP contribution is -2.40. The second-order valence-corrected chi connectivity index (χ2v) is 12.5. The first-order chi connectivity index (χ1) is 23.2. The Morgan fingerprint density at radius 2 is 1.71 bits per heavy atom. The molecule has 4 atom stereocenters. The Balaban J connectivity index is 1.19. The van der Waals surface area contributed by atoms with Gasteiger partial charge in [0.1, 0.15) is 22.8 Å². The van der Waals surface area contributed by atoms with Gasteiger partial charge in [0.2, 0.25) is 17.7 Å². The number of phenolic OH excluding ortho intramolecular Hbond substituents is 1. The van der Waals surface area contributed by atoms with Crippen molar-refractivity contribution in [2.75, 3.05) is 19.1 Å². The first kappa shape index (κ1) is 29.6. The molecule has 0 spiro atoms. The van der Waals surface area contributed by atoms with Gasteiger partial charge in [0.05, 0.1) is 31.7 Å². The van der Waals surface area contributed by atoms with Crippen LogP contribution in [0, 0.1) is 17.8 Å². The molecule has 1 aromatic heterocycles. The number of nitrogens with zero attached hydrogens (tertiary/aromatic N) is 2. The minimum atomic E-state index is -0.867. The lowest BCUT2D eigenvalue weighted by Gasteiger charge is -2.42. The predicted molar refractivity (Wildman–Crippen MR) is 174 cm³/mol. The number of methoxy groups -OCH3 is 2. The van der Waals surface area contributed by atoms with E-state index in [1.165, 1.54) is 31.3 Å². The van der Waals surface area contributed by atoms with Crippen molar-refractivity contribution in [3.63, 3.8) is 0 Å². The predicted octanol–water partition coefficient (Wildman–Crippen LogP) is 5.85. The maximum Gasteiger partial charge on any atom is 0.238 e. The molecule has 3 aliphatic carbocycles. The van der Waals surface area contributed by atoms with Crippen molar-refractivity contribution in [3.05, 3.63) is 101 Å². The van der Waals surface area contributed by atoms with Crippen LogP contribution in [0.2, 0.25) is 0 Å². The van der Waals surface area contributed by atoms with E-state index in [1.54, 1.807) is 37.3 Å². The summed E-state index contributed by atoms with van der Waals surface area (Å²) in [6, 6.07) is 17.4. The summed E-state index contributed by atoms with van der Waals surface area (Å²) in [5, 5.41) is 11.3. The maximum absolute atomic E-state index is 14.3. The Morgan fingerprint density at radius 1 is 0.938 bits per heavy atom. The SMILES string of the molecule is COc1cc(O)c([C@H]2C3=CC[C@@H]4C(=O)N(c5ccc(-c6nc7ccccc7o6)cc5)C(=O)[C@@H]4[C@@H]3CC3=C2C(=O)C(C)=CC3=O)c(OC)c1. The molecule has 2 amide bonds. The average molecular weight is 643 g/mol. The van der Waals surface area contributed by atoms with Crippen LogP contribution < -0.4 is 14.4 Å². The number of aromatic nitrogens is 1. The van der Waals surface area contributed by atoms with Crippen molar-refractivity contribution in [1.29, 1.82) is 0 Å². The van der Waals surface area contributed by atoms with Gasteiger partial charge in [-0.3, -0.25) is 24.1 Å². The standard InChI is InChI=1S/C38H30N2O8/c1-18-14-27(41)25-17-24-22(32(33(25)35(18)43)34-28(42)15-21(46-2)16-30(34)47-3)12-13-23-31(24)38(45)40(37(23)44)20-10-8-19(9-11-20)36-39-26-6-4-5-7-29(26)48-36/h4-12,14-16,23-24,31-32,42H,13,17H2,1-3H3/t23-,24+,31-,32-/m0/s1. The number of aromatic hydroxyl groups is 1. The number of para-hydroxylation sites is 2. The fourth-order valence-corrected chi connectivity index (χ4v) is 7.86. The van der Waals surface area contributed by atoms with Crippen LogP contribution in [-0.2, 0) is 19.2 Å². The molecular weight excluding hydrogens is 612 g/mol. The first-order valence-corrected chi connectivity index (χ1v) is 15.7. The molecule has 0 saturated carbocycles. The highest BCUT2D eigenvalue weighted by Crippen LogP contribution is 2.58. The normalized spacial score (nSPS) is 23.5. The number of hydrogen-bond donors (Lipinski definition) is 1. The zero-order valence-corrected chi connectivity index (χ0v) is 26.4. The monoisotopic (exact) mass is 642 g/mol. The fraction of sp³-hybridized carbons (Fsp3) is 0.237. The third-order valence-electron chi connectivity index (χ3n) is 10.1. The van der Waals surface area contributed by atoms with Gasteiger partial charge in [0.15, 0.2) is 17.1 Å². The number of fused-ring (bicyclic) bond motifs is 4. The molecular formula is C38H30N2O8. The van der Waals surface area contributed by atoms with E-state index in [0.717, 1.165) is 5.52 Å².